The fourth-order valence-electron chi connectivity index (χ4n) is 1.40. The van der Waals surface area contributed by atoms with E-state index >= 15 is 0 Å². The van der Waals surface area contributed by atoms with Crippen LogP contribution in [0.15, 0.2) is 11.0 Å². The standard InChI is InChI=1S/C11H20S2.2Na/c1-3-5-7-10-9-11(13-12-10)8-6-4-2;;/h9-10H,3-8H2,1-2H3;;. The van der Waals surface area contributed by atoms with Crippen molar-refractivity contribution in [3.05, 3.63) is 11.0 Å². The minimum atomic E-state index is 0. The Hall–Kier alpha value is 2.44. The minimum absolute atomic E-state index is 0. The maximum atomic E-state index is 2.50. The van der Waals surface area contributed by atoms with E-state index in [0.29, 0.717) is 0 Å². The predicted molar refractivity (Wildman–Crippen MR) is 77.6 cm³/mol. The van der Waals surface area contributed by atoms with Crippen molar-refractivity contribution in [2.24, 2.45) is 0 Å². The van der Waals surface area contributed by atoms with E-state index in [4.69, 9.17) is 0 Å². The largest absolute Gasteiger partial charge is 0.0816 e. The second kappa shape index (κ2) is 12.9. The van der Waals surface area contributed by atoms with E-state index in [2.05, 4.69) is 30.7 Å². The predicted octanol–water partition coefficient (Wildman–Crippen LogP) is 4.25. The second-order valence-corrected chi connectivity index (χ2v) is 6.16. The van der Waals surface area contributed by atoms with E-state index in [1.165, 1.54) is 38.5 Å². The van der Waals surface area contributed by atoms with Crippen LogP contribution in [0.4, 0.5) is 0 Å². The second-order valence-electron chi connectivity index (χ2n) is 3.60. The fourth-order valence-corrected chi connectivity index (χ4v) is 4.28. The molecule has 0 saturated carbocycles. The Morgan fingerprint density at radius 2 is 1.80 bits per heavy atom. The molecule has 1 aliphatic heterocycles. The van der Waals surface area contributed by atoms with E-state index in [1.807, 2.05) is 10.8 Å². The van der Waals surface area contributed by atoms with Gasteiger partial charge in [0, 0.05) is 64.4 Å². The molecule has 2 radical (unpaired) electrons. The molecule has 0 aromatic heterocycles. The number of hydrogen-bond acceptors (Lipinski definition) is 2. The summed E-state index contributed by atoms with van der Waals surface area (Å²) < 4.78 is 0. The van der Waals surface area contributed by atoms with Gasteiger partial charge in [-0.1, -0.05) is 60.8 Å². The molecule has 4 heteroatoms. The molecule has 0 fully saturated rings. The van der Waals surface area contributed by atoms with Gasteiger partial charge in [-0.2, -0.15) is 0 Å². The third-order valence-electron chi connectivity index (χ3n) is 2.27. The third kappa shape index (κ3) is 9.07. The number of hydrogen-bond donors (Lipinski definition) is 0. The first-order chi connectivity index (χ1) is 6.36. The topological polar surface area (TPSA) is 0 Å². The molecule has 1 rings (SSSR count). The molecule has 0 bridgehead atoms. The van der Waals surface area contributed by atoms with Crippen molar-refractivity contribution >= 4 is 80.7 Å². The van der Waals surface area contributed by atoms with Crippen LogP contribution in [0.5, 0.6) is 0 Å². The van der Waals surface area contributed by atoms with Gasteiger partial charge >= 0.3 is 0 Å². The van der Waals surface area contributed by atoms with E-state index < -0.39 is 0 Å². The van der Waals surface area contributed by atoms with Crippen molar-refractivity contribution in [2.45, 2.75) is 57.6 Å². The van der Waals surface area contributed by atoms with Crippen LogP contribution in [-0.2, 0) is 0 Å². The molecule has 1 heterocycles. The van der Waals surface area contributed by atoms with Crippen molar-refractivity contribution in [1.82, 2.24) is 0 Å². The van der Waals surface area contributed by atoms with Gasteiger partial charge in [0.2, 0.25) is 0 Å². The molecule has 0 spiro atoms. The zero-order chi connectivity index (χ0) is 9.52. The van der Waals surface area contributed by atoms with Gasteiger partial charge in [0.25, 0.3) is 0 Å². The minimum Gasteiger partial charge on any atom is -0.0816 e. The Labute approximate surface area is 147 Å². The van der Waals surface area contributed by atoms with Crippen molar-refractivity contribution < 1.29 is 0 Å². The molecule has 0 saturated heterocycles. The number of allylic oxidation sites excluding steroid dienone is 1. The van der Waals surface area contributed by atoms with Gasteiger partial charge in [0.05, 0.1) is 0 Å². The van der Waals surface area contributed by atoms with Gasteiger partial charge in [-0.05, 0) is 24.2 Å². The number of unbranched alkanes of at least 4 members (excludes halogenated alkanes) is 2. The zero-order valence-electron chi connectivity index (χ0n) is 10.7. The van der Waals surface area contributed by atoms with E-state index in [9.17, 15) is 0 Å². The van der Waals surface area contributed by atoms with Crippen LogP contribution in [0.2, 0.25) is 0 Å². The Bertz CT molecular complexity index is 172. The summed E-state index contributed by atoms with van der Waals surface area (Å²) >= 11 is 0. The van der Waals surface area contributed by atoms with Crippen LogP contribution >= 0.6 is 21.6 Å². The smallest absolute Gasteiger partial charge is 0.0345 e. The molecule has 0 nitrogen and oxygen atoms in total. The van der Waals surface area contributed by atoms with Crippen molar-refractivity contribution in [3.8, 4) is 0 Å². The summed E-state index contributed by atoms with van der Waals surface area (Å²) in [5.74, 6) is 0. The first-order valence-electron chi connectivity index (χ1n) is 5.40. The average Bonchev–Trinajstić information content (AvgIpc) is 2.59. The molecule has 1 aliphatic rings. The molecule has 1 atom stereocenters. The van der Waals surface area contributed by atoms with Crippen LogP contribution in [0.25, 0.3) is 0 Å². The molecule has 0 aliphatic carbocycles. The van der Waals surface area contributed by atoms with Crippen molar-refractivity contribution in [3.63, 3.8) is 0 Å². The van der Waals surface area contributed by atoms with Gasteiger partial charge in [0.15, 0.2) is 0 Å². The molecular weight excluding hydrogens is 242 g/mol. The SMILES string of the molecule is CCCCC1=CC(CCCC)SS1.[Na].[Na]. The zero-order valence-corrected chi connectivity index (χ0v) is 16.3. The summed E-state index contributed by atoms with van der Waals surface area (Å²) in [6.07, 6.45) is 10.6. The Morgan fingerprint density at radius 3 is 2.40 bits per heavy atom. The Kier molecular flexibility index (Phi) is 17.0. The maximum Gasteiger partial charge on any atom is 0.0345 e. The molecule has 0 amide bonds. The van der Waals surface area contributed by atoms with Crippen LogP contribution < -0.4 is 0 Å². The van der Waals surface area contributed by atoms with E-state index in [1.54, 1.807) is 4.91 Å². The van der Waals surface area contributed by atoms with Gasteiger partial charge < -0.3 is 0 Å². The van der Waals surface area contributed by atoms with Crippen LogP contribution in [0.3, 0.4) is 0 Å². The molecule has 1 unspecified atom stereocenters. The normalized spacial score (nSPS) is 19.1. The first-order valence-corrected chi connectivity index (χ1v) is 7.62. The van der Waals surface area contributed by atoms with Gasteiger partial charge in [-0.3, -0.25) is 0 Å². The Balaban J connectivity index is 0. The first kappa shape index (κ1) is 19.8. The summed E-state index contributed by atoms with van der Waals surface area (Å²) in [5, 5.41) is 0.816. The average molecular weight is 262 g/mol. The molecule has 0 aromatic carbocycles. The quantitative estimate of drug-likeness (QED) is 0.518. The third-order valence-corrected chi connectivity index (χ3v) is 5.21. The Morgan fingerprint density at radius 1 is 1.13 bits per heavy atom. The molecule has 15 heavy (non-hydrogen) atoms. The summed E-state index contributed by atoms with van der Waals surface area (Å²) in [5.41, 5.74) is 0. The van der Waals surface area contributed by atoms with Crippen molar-refractivity contribution in [2.75, 3.05) is 0 Å². The van der Waals surface area contributed by atoms with Gasteiger partial charge in [0.1, 0.15) is 0 Å². The monoisotopic (exact) mass is 262 g/mol. The van der Waals surface area contributed by atoms with Crippen LogP contribution in [0, 0.1) is 0 Å². The van der Waals surface area contributed by atoms with Crippen LogP contribution in [0.1, 0.15) is 52.4 Å². The molecule has 78 valence electrons. The fraction of sp³-hybridized carbons (Fsp3) is 0.818. The number of rotatable bonds is 6. The van der Waals surface area contributed by atoms with Gasteiger partial charge in [-0.15, -0.1) is 0 Å². The molecule has 0 N–H and O–H groups in total. The molecular formula is C11H20Na2S2. The van der Waals surface area contributed by atoms with Crippen molar-refractivity contribution in [1.29, 1.82) is 0 Å². The van der Waals surface area contributed by atoms with Crippen LogP contribution in [-0.4, -0.2) is 64.4 Å². The maximum absolute atomic E-state index is 2.50. The summed E-state index contributed by atoms with van der Waals surface area (Å²) in [6, 6.07) is 0. The summed E-state index contributed by atoms with van der Waals surface area (Å²) in [6.45, 7) is 4.54. The van der Waals surface area contributed by atoms with E-state index in [0.717, 1.165) is 5.25 Å². The summed E-state index contributed by atoms with van der Waals surface area (Å²) in [7, 11) is 4.08. The summed E-state index contributed by atoms with van der Waals surface area (Å²) in [4.78, 5) is 1.63. The van der Waals surface area contributed by atoms with Gasteiger partial charge in [-0.25, -0.2) is 0 Å². The van der Waals surface area contributed by atoms with E-state index in [-0.39, 0.29) is 59.1 Å². The molecule has 0 aromatic rings.